The van der Waals surface area contributed by atoms with Gasteiger partial charge >= 0.3 is 0 Å². The quantitative estimate of drug-likeness (QED) is 0.644. The van der Waals surface area contributed by atoms with E-state index in [1.165, 1.54) is 5.57 Å². The number of aliphatic hydroxyl groups excluding tert-OH is 2. The first-order chi connectivity index (χ1) is 11.2. The van der Waals surface area contributed by atoms with Crippen molar-refractivity contribution in [3.8, 4) is 0 Å². The Morgan fingerprint density at radius 2 is 1.92 bits per heavy atom. The van der Waals surface area contributed by atoms with Crippen LogP contribution >= 0.6 is 0 Å². The molecule has 24 heavy (non-hydrogen) atoms. The van der Waals surface area contributed by atoms with Gasteiger partial charge < -0.3 is 15.3 Å². The molecule has 0 bridgehead atoms. The molecule has 2 fully saturated rings. The molecule has 0 saturated heterocycles. The zero-order valence-electron chi connectivity index (χ0n) is 15.3. The molecule has 3 N–H and O–H groups in total. The highest BCUT2D eigenvalue weighted by atomic mass is 16.3. The summed E-state index contributed by atoms with van der Waals surface area (Å²) in [5, 5.41) is 31.6. The van der Waals surface area contributed by atoms with Crippen LogP contribution in [0.1, 0.15) is 72.1 Å². The molecule has 4 rings (SSSR count). The van der Waals surface area contributed by atoms with Gasteiger partial charge in [-0.2, -0.15) is 0 Å². The largest absolute Gasteiger partial charge is 0.393 e. The highest BCUT2D eigenvalue weighted by Crippen LogP contribution is 2.65. The van der Waals surface area contributed by atoms with Crippen LogP contribution in [0.15, 0.2) is 22.8 Å². The van der Waals surface area contributed by atoms with E-state index in [-0.39, 0.29) is 16.9 Å². The van der Waals surface area contributed by atoms with Gasteiger partial charge in [-0.25, -0.2) is 0 Å². The van der Waals surface area contributed by atoms with Crippen LogP contribution in [0.3, 0.4) is 0 Å². The molecule has 0 aromatic carbocycles. The van der Waals surface area contributed by atoms with Crippen LogP contribution in [0.25, 0.3) is 0 Å². The molecule has 0 unspecified atom stereocenters. The lowest BCUT2D eigenvalue weighted by Crippen LogP contribution is -2.54. The lowest BCUT2D eigenvalue weighted by Gasteiger charge is -2.53. The van der Waals surface area contributed by atoms with E-state index in [4.69, 9.17) is 0 Å². The number of allylic oxidation sites excluding steroid dienone is 3. The Bertz CT molecular complexity index is 619. The molecule has 0 radical (unpaired) electrons. The Morgan fingerprint density at radius 3 is 2.62 bits per heavy atom. The maximum Gasteiger partial charge on any atom is 0.0961 e. The average Bonchev–Trinajstić information content (AvgIpc) is 2.81. The minimum absolute atomic E-state index is 0.125. The first-order valence-corrected chi connectivity index (χ1v) is 9.73. The van der Waals surface area contributed by atoms with E-state index in [0.29, 0.717) is 12.3 Å². The van der Waals surface area contributed by atoms with Crippen LogP contribution < -0.4 is 0 Å². The van der Waals surface area contributed by atoms with E-state index in [9.17, 15) is 15.3 Å². The summed E-state index contributed by atoms with van der Waals surface area (Å²) in [5.74, 6) is 0.391. The molecule has 0 aromatic heterocycles. The lowest BCUT2D eigenvalue weighted by molar-refractivity contribution is -0.142. The monoisotopic (exact) mass is 332 g/mol. The zero-order valence-corrected chi connectivity index (χ0v) is 15.3. The topological polar surface area (TPSA) is 60.7 Å². The van der Waals surface area contributed by atoms with Crippen LogP contribution in [0.5, 0.6) is 0 Å². The van der Waals surface area contributed by atoms with Crippen molar-refractivity contribution in [2.45, 2.75) is 89.9 Å². The molecule has 4 aliphatic carbocycles. The molecule has 4 aliphatic rings. The highest BCUT2D eigenvalue weighted by Gasteiger charge is 2.61. The number of rotatable bonds is 1. The van der Waals surface area contributed by atoms with Crippen LogP contribution in [0.2, 0.25) is 0 Å². The van der Waals surface area contributed by atoms with E-state index in [0.717, 1.165) is 44.9 Å². The molecule has 0 amide bonds. The van der Waals surface area contributed by atoms with E-state index < -0.39 is 11.7 Å². The summed E-state index contributed by atoms with van der Waals surface area (Å²) in [6.45, 7) is 6.32. The second kappa shape index (κ2) is 5.18. The number of hydrogen-bond donors (Lipinski definition) is 3. The van der Waals surface area contributed by atoms with Crippen molar-refractivity contribution in [3.05, 3.63) is 22.8 Å². The maximum atomic E-state index is 11.2. The van der Waals surface area contributed by atoms with Crippen molar-refractivity contribution in [2.75, 3.05) is 0 Å². The van der Waals surface area contributed by atoms with E-state index in [1.807, 2.05) is 0 Å². The molecule has 0 spiro atoms. The van der Waals surface area contributed by atoms with Gasteiger partial charge in [-0.15, -0.1) is 0 Å². The Labute approximate surface area is 145 Å². The lowest BCUT2D eigenvalue weighted by atomic mass is 9.53. The average molecular weight is 332 g/mol. The molecule has 134 valence electrons. The van der Waals surface area contributed by atoms with Gasteiger partial charge in [0.1, 0.15) is 0 Å². The molecule has 6 atom stereocenters. The van der Waals surface area contributed by atoms with E-state index in [2.05, 4.69) is 19.9 Å². The number of hydrogen-bond acceptors (Lipinski definition) is 3. The second-order valence-electron chi connectivity index (χ2n) is 9.27. The molecule has 0 aromatic rings. The second-order valence-corrected chi connectivity index (χ2v) is 9.27. The van der Waals surface area contributed by atoms with Crippen LogP contribution in [-0.2, 0) is 0 Å². The van der Waals surface area contributed by atoms with Gasteiger partial charge in [0, 0.05) is 10.8 Å². The fraction of sp³-hybridized carbons (Fsp3) is 0.810. The van der Waals surface area contributed by atoms with Gasteiger partial charge in [-0.3, -0.25) is 0 Å². The molecular formula is C21H32O3. The third-order valence-electron chi connectivity index (χ3n) is 8.34. The van der Waals surface area contributed by atoms with Crippen molar-refractivity contribution >= 4 is 0 Å². The Kier molecular flexibility index (Phi) is 3.63. The van der Waals surface area contributed by atoms with Gasteiger partial charge in [-0.1, -0.05) is 36.6 Å². The summed E-state index contributed by atoms with van der Waals surface area (Å²) < 4.78 is 0. The minimum atomic E-state index is -0.955. The Balaban J connectivity index is 1.74. The third kappa shape index (κ3) is 1.95. The first kappa shape index (κ1) is 16.8. The highest BCUT2D eigenvalue weighted by molar-refractivity contribution is 5.44. The zero-order chi connectivity index (χ0) is 17.3. The van der Waals surface area contributed by atoms with Gasteiger partial charge in [0.15, 0.2) is 0 Å². The SMILES string of the molecule is C[C@H](O)[C@@]1(O)CC[C@H]2C3=C(CC[C@@]21C)[C@@]1(C)CC[C@H](O)CC1=CC3. The summed E-state index contributed by atoms with van der Waals surface area (Å²) in [4.78, 5) is 0. The van der Waals surface area contributed by atoms with Gasteiger partial charge in [0.05, 0.1) is 17.8 Å². The molecule has 0 heterocycles. The molecular weight excluding hydrogens is 300 g/mol. The third-order valence-corrected chi connectivity index (χ3v) is 8.34. The molecule has 3 heteroatoms. The minimum Gasteiger partial charge on any atom is -0.393 e. The fourth-order valence-electron chi connectivity index (χ4n) is 6.64. The summed E-state index contributed by atoms with van der Waals surface area (Å²) >= 11 is 0. The molecule has 0 aliphatic heterocycles. The standard InChI is InChI=1S/C21H32O3/c1-13(22)21(24)11-8-18-16-5-4-14-12-15(23)6-9-19(14,2)17(16)7-10-20(18,21)3/h4,13,15,18,22-24H,5-12H2,1-3H3/t13-,15-,18-,19-,20-,21-/m0/s1. The predicted molar refractivity (Wildman–Crippen MR) is 94.4 cm³/mol. The van der Waals surface area contributed by atoms with Gasteiger partial charge in [0.2, 0.25) is 0 Å². The fourth-order valence-corrected chi connectivity index (χ4v) is 6.64. The normalized spacial score (nSPS) is 49.2. The number of fused-ring (bicyclic) bond motifs is 4. The van der Waals surface area contributed by atoms with Crippen molar-refractivity contribution in [2.24, 2.45) is 16.7 Å². The van der Waals surface area contributed by atoms with Crippen molar-refractivity contribution in [1.82, 2.24) is 0 Å². The van der Waals surface area contributed by atoms with Crippen molar-refractivity contribution in [1.29, 1.82) is 0 Å². The maximum absolute atomic E-state index is 11.2. The van der Waals surface area contributed by atoms with Gasteiger partial charge in [-0.05, 0) is 64.2 Å². The van der Waals surface area contributed by atoms with Crippen molar-refractivity contribution in [3.63, 3.8) is 0 Å². The smallest absolute Gasteiger partial charge is 0.0961 e. The first-order valence-electron chi connectivity index (χ1n) is 9.73. The summed E-state index contributed by atoms with van der Waals surface area (Å²) in [6, 6.07) is 0. The van der Waals surface area contributed by atoms with E-state index >= 15 is 0 Å². The van der Waals surface area contributed by atoms with Gasteiger partial charge in [0.25, 0.3) is 0 Å². The summed E-state index contributed by atoms with van der Waals surface area (Å²) in [5.41, 5.74) is 3.54. The van der Waals surface area contributed by atoms with Crippen LogP contribution in [0.4, 0.5) is 0 Å². The van der Waals surface area contributed by atoms with E-state index in [1.54, 1.807) is 18.1 Å². The molecule has 2 saturated carbocycles. The summed E-state index contributed by atoms with van der Waals surface area (Å²) in [6.07, 6.45) is 8.94. The van der Waals surface area contributed by atoms with Crippen molar-refractivity contribution < 1.29 is 15.3 Å². The summed E-state index contributed by atoms with van der Waals surface area (Å²) in [7, 11) is 0. The number of aliphatic hydroxyl groups is 3. The molecule has 3 nitrogen and oxygen atoms in total. The van der Waals surface area contributed by atoms with Crippen LogP contribution in [0, 0.1) is 16.7 Å². The predicted octanol–water partition coefficient (Wildman–Crippen LogP) is 3.49. The Hall–Kier alpha value is -0.640. The Morgan fingerprint density at radius 1 is 1.17 bits per heavy atom. The van der Waals surface area contributed by atoms with Crippen LogP contribution in [-0.4, -0.2) is 33.1 Å².